The topological polar surface area (TPSA) is 30.0 Å². The van der Waals surface area contributed by atoms with Gasteiger partial charge in [-0.3, -0.25) is 9.78 Å². The highest BCUT2D eigenvalue weighted by molar-refractivity contribution is 6.30. The van der Waals surface area contributed by atoms with Gasteiger partial charge in [0.05, 0.1) is 10.6 Å². The number of nitrogens with zero attached hydrogens (tertiary/aromatic N) is 1. The smallest absolute Gasteiger partial charge is 0.173 e. The Hall–Kier alpha value is -1.81. The Kier molecular flexibility index (Phi) is 3.90. The van der Waals surface area contributed by atoms with Crippen LogP contribution in [0.2, 0.25) is 5.02 Å². The molecule has 1 unspecified atom stereocenters. The van der Waals surface area contributed by atoms with Crippen LogP contribution in [0.3, 0.4) is 0 Å². The van der Waals surface area contributed by atoms with Crippen molar-refractivity contribution in [3.05, 3.63) is 64.4 Å². The highest BCUT2D eigenvalue weighted by Crippen LogP contribution is 2.25. The Balaban J connectivity index is 2.37. The van der Waals surface area contributed by atoms with Crippen molar-refractivity contribution in [2.24, 2.45) is 0 Å². The van der Waals surface area contributed by atoms with Crippen molar-refractivity contribution in [3.8, 4) is 0 Å². The minimum absolute atomic E-state index is 0.300. The zero-order chi connectivity index (χ0) is 14.0. The first-order valence-electron chi connectivity index (χ1n) is 5.59. The molecule has 5 heteroatoms. The predicted octanol–water partition coefficient (Wildman–Crippen LogP) is 4.00. The van der Waals surface area contributed by atoms with Crippen molar-refractivity contribution in [2.45, 2.75) is 12.8 Å². The maximum atomic E-state index is 13.7. The van der Waals surface area contributed by atoms with E-state index in [0.29, 0.717) is 5.56 Å². The summed E-state index contributed by atoms with van der Waals surface area (Å²) in [6.07, 6.45) is 3.08. The summed E-state index contributed by atoms with van der Waals surface area (Å²) >= 11 is 5.45. The Morgan fingerprint density at radius 1 is 1.21 bits per heavy atom. The van der Waals surface area contributed by atoms with E-state index in [1.807, 2.05) is 0 Å². The van der Waals surface area contributed by atoms with E-state index in [4.69, 9.17) is 11.6 Å². The molecule has 0 fully saturated rings. The van der Waals surface area contributed by atoms with E-state index in [1.54, 1.807) is 19.1 Å². The molecule has 98 valence electrons. The van der Waals surface area contributed by atoms with Gasteiger partial charge in [-0.2, -0.15) is 0 Å². The largest absolute Gasteiger partial charge is 0.293 e. The summed E-state index contributed by atoms with van der Waals surface area (Å²) in [6.45, 7) is 1.63. The number of benzene rings is 1. The molecule has 0 bridgehead atoms. The first-order chi connectivity index (χ1) is 9.00. The van der Waals surface area contributed by atoms with Gasteiger partial charge in [-0.05, 0) is 29.8 Å². The van der Waals surface area contributed by atoms with E-state index < -0.39 is 23.3 Å². The molecule has 0 aliphatic rings. The number of hydrogen-bond donors (Lipinski definition) is 0. The molecule has 0 aliphatic carbocycles. The highest BCUT2D eigenvalue weighted by Gasteiger charge is 2.22. The van der Waals surface area contributed by atoms with Gasteiger partial charge in [-0.25, -0.2) is 8.78 Å². The fraction of sp³-hybridized carbons (Fsp3) is 0.143. The molecule has 0 saturated carbocycles. The maximum Gasteiger partial charge on any atom is 0.173 e. The van der Waals surface area contributed by atoms with Gasteiger partial charge in [-0.1, -0.05) is 18.5 Å². The third kappa shape index (κ3) is 2.79. The van der Waals surface area contributed by atoms with Gasteiger partial charge in [0.25, 0.3) is 0 Å². The molecule has 0 spiro atoms. The number of pyridine rings is 1. The first kappa shape index (κ1) is 13.6. The van der Waals surface area contributed by atoms with E-state index in [9.17, 15) is 13.6 Å². The van der Waals surface area contributed by atoms with Crippen molar-refractivity contribution in [1.29, 1.82) is 0 Å². The molecule has 2 nitrogen and oxygen atoms in total. The predicted molar refractivity (Wildman–Crippen MR) is 68.4 cm³/mol. The highest BCUT2D eigenvalue weighted by atomic mass is 35.5. The summed E-state index contributed by atoms with van der Waals surface area (Å²) in [6, 6.07) is 4.96. The van der Waals surface area contributed by atoms with Crippen molar-refractivity contribution >= 4 is 17.4 Å². The standard InChI is InChI=1S/C14H10ClF2NO/c1-8(9-2-4-18-5-3-9)14(19)10-6-13(17)11(15)7-12(10)16/h2-8H,1H3. The second kappa shape index (κ2) is 5.45. The lowest BCUT2D eigenvalue weighted by Crippen LogP contribution is -2.12. The average molecular weight is 282 g/mol. The number of carbonyl (C=O) groups excluding carboxylic acids is 1. The molecule has 0 N–H and O–H groups in total. The summed E-state index contributed by atoms with van der Waals surface area (Å²) in [5, 5.41) is -0.342. The molecule has 1 aromatic carbocycles. The van der Waals surface area contributed by atoms with Crippen molar-refractivity contribution < 1.29 is 13.6 Å². The first-order valence-corrected chi connectivity index (χ1v) is 5.97. The van der Waals surface area contributed by atoms with E-state index in [2.05, 4.69) is 4.98 Å². The Morgan fingerprint density at radius 2 is 1.84 bits per heavy atom. The van der Waals surface area contributed by atoms with Crippen LogP contribution < -0.4 is 0 Å². The molecule has 19 heavy (non-hydrogen) atoms. The maximum absolute atomic E-state index is 13.7. The molecular weight excluding hydrogens is 272 g/mol. The molecule has 0 saturated heterocycles. The van der Waals surface area contributed by atoms with Crippen LogP contribution in [0.1, 0.15) is 28.8 Å². The molecule has 2 rings (SSSR count). The Labute approximate surface area is 114 Å². The summed E-state index contributed by atoms with van der Waals surface area (Å²) in [4.78, 5) is 16.0. The third-order valence-corrected chi connectivity index (χ3v) is 3.16. The summed E-state index contributed by atoms with van der Waals surface area (Å²) in [5.41, 5.74) is 0.390. The quantitative estimate of drug-likeness (QED) is 0.629. The molecule has 2 aromatic rings. The molecule has 0 radical (unpaired) electrons. The number of rotatable bonds is 3. The van der Waals surface area contributed by atoms with Crippen LogP contribution in [0.15, 0.2) is 36.7 Å². The van der Waals surface area contributed by atoms with Gasteiger partial charge < -0.3 is 0 Å². The molecular formula is C14H10ClF2NO. The normalized spacial score (nSPS) is 12.2. The molecule has 1 aromatic heterocycles. The Morgan fingerprint density at radius 3 is 2.47 bits per heavy atom. The number of Topliss-reactive ketones (excluding diaryl/α,β-unsaturated/α-hetero) is 1. The van der Waals surface area contributed by atoms with Gasteiger partial charge in [-0.15, -0.1) is 0 Å². The fourth-order valence-corrected chi connectivity index (χ4v) is 1.90. The summed E-state index contributed by atoms with van der Waals surface area (Å²) < 4.78 is 27.0. The SMILES string of the molecule is CC(C(=O)c1cc(F)c(Cl)cc1F)c1ccncc1. The third-order valence-electron chi connectivity index (χ3n) is 2.87. The van der Waals surface area contributed by atoms with Gasteiger partial charge in [0.15, 0.2) is 5.78 Å². The van der Waals surface area contributed by atoms with Crippen LogP contribution >= 0.6 is 11.6 Å². The Bertz CT molecular complexity index is 616. The van der Waals surface area contributed by atoms with Crippen LogP contribution in [0.5, 0.6) is 0 Å². The fourth-order valence-electron chi connectivity index (χ4n) is 1.75. The zero-order valence-corrected chi connectivity index (χ0v) is 10.8. The van der Waals surface area contributed by atoms with Crippen molar-refractivity contribution in [2.75, 3.05) is 0 Å². The number of halogens is 3. The number of hydrogen-bond acceptors (Lipinski definition) is 2. The number of ketones is 1. The number of carbonyl (C=O) groups is 1. The summed E-state index contributed by atoms with van der Waals surface area (Å²) in [7, 11) is 0. The molecule has 0 aliphatic heterocycles. The van der Waals surface area contributed by atoms with Crippen LogP contribution in [0.25, 0.3) is 0 Å². The van der Waals surface area contributed by atoms with E-state index in [-0.39, 0.29) is 10.6 Å². The van der Waals surface area contributed by atoms with Gasteiger partial charge in [0.2, 0.25) is 0 Å². The van der Waals surface area contributed by atoms with Crippen LogP contribution in [0.4, 0.5) is 8.78 Å². The van der Waals surface area contributed by atoms with Gasteiger partial charge in [0.1, 0.15) is 11.6 Å². The minimum atomic E-state index is -0.822. The van der Waals surface area contributed by atoms with E-state index in [0.717, 1.165) is 12.1 Å². The van der Waals surface area contributed by atoms with Crippen LogP contribution in [-0.4, -0.2) is 10.8 Å². The molecule has 0 amide bonds. The van der Waals surface area contributed by atoms with Crippen LogP contribution in [0, 0.1) is 11.6 Å². The lowest BCUT2D eigenvalue weighted by molar-refractivity contribution is 0.0961. The van der Waals surface area contributed by atoms with E-state index >= 15 is 0 Å². The van der Waals surface area contributed by atoms with Crippen molar-refractivity contribution in [3.63, 3.8) is 0 Å². The molecule has 1 atom stereocenters. The lowest BCUT2D eigenvalue weighted by atomic mass is 9.93. The van der Waals surface area contributed by atoms with E-state index in [1.165, 1.54) is 12.4 Å². The monoisotopic (exact) mass is 281 g/mol. The molecule has 1 heterocycles. The minimum Gasteiger partial charge on any atom is -0.293 e. The lowest BCUT2D eigenvalue weighted by Gasteiger charge is -2.11. The summed E-state index contributed by atoms with van der Waals surface area (Å²) in [5.74, 6) is -2.72. The number of aromatic nitrogens is 1. The average Bonchev–Trinajstić information content (AvgIpc) is 2.42. The van der Waals surface area contributed by atoms with Gasteiger partial charge in [0, 0.05) is 18.3 Å². The van der Waals surface area contributed by atoms with Crippen molar-refractivity contribution in [1.82, 2.24) is 4.98 Å². The zero-order valence-electron chi connectivity index (χ0n) is 10.0. The second-order valence-corrected chi connectivity index (χ2v) is 4.52. The van der Waals surface area contributed by atoms with Gasteiger partial charge >= 0.3 is 0 Å². The second-order valence-electron chi connectivity index (χ2n) is 4.11. The van der Waals surface area contributed by atoms with Crippen LogP contribution in [-0.2, 0) is 0 Å².